The van der Waals surface area contributed by atoms with Gasteiger partial charge in [-0.25, -0.2) is 4.39 Å². The Balaban J connectivity index is 1.90. The number of hydrogen-bond donors (Lipinski definition) is 0. The van der Waals surface area contributed by atoms with Crippen LogP contribution < -0.4 is 0 Å². The van der Waals surface area contributed by atoms with Crippen LogP contribution in [-0.4, -0.2) is 40.8 Å². The molecular weight excluding hydrogens is 341 g/mol. The van der Waals surface area contributed by atoms with E-state index in [-0.39, 0.29) is 17.8 Å². The fourth-order valence-electron chi connectivity index (χ4n) is 3.91. The summed E-state index contributed by atoms with van der Waals surface area (Å²) in [6.07, 6.45) is 7.36. The van der Waals surface area contributed by atoms with Crippen molar-refractivity contribution >= 4 is 5.91 Å². The summed E-state index contributed by atoms with van der Waals surface area (Å²) in [6, 6.07) is 11.9. The second-order valence-electron chi connectivity index (χ2n) is 7.50. The Bertz CT molecular complexity index is 727. The molecule has 27 heavy (non-hydrogen) atoms. The molecule has 0 spiro atoms. The molecule has 1 aliphatic rings. The Kier molecular flexibility index (Phi) is 6.56. The molecule has 0 radical (unpaired) electrons. The molecule has 1 aromatic carbocycles. The van der Waals surface area contributed by atoms with Crippen LogP contribution in [0.15, 0.2) is 48.7 Å². The van der Waals surface area contributed by atoms with E-state index in [0.29, 0.717) is 6.54 Å². The molecule has 1 unspecified atom stereocenters. The largest absolute Gasteiger partial charge is 0.332 e. The Labute approximate surface area is 161 Å². The first-order valence-electron chi connectivity index (χ1n) is 9.68. The van der Waals surface area contributed by atoms with Gasteiger partial charge in [0.25, 0.3) is 0 Å². The predicted molar refractivity (Wildman–Crippen MR) is 104 cm³/mol. The first kappa shape index (κ1) is 19.5. The monoisotopic (exact) mass is 369 g/mol. The minimum absolute atomic E-state index is 0.0594. The number of aromatic nitrogens is 1. The number of carbonyl (C=O) groups excluding carboxylic acids is 1. The van der Waals surface area contributed by atoms with Crippen molar-refractivity contribution in [2.75, 3.05) is 14.1 Å². The minimum atomic E-state index is -0.434. The van der Waals surface area contributed by atoms with Crippen LogP contribution in [-0.2, 0) is 11.3 Å². The summed E-state index contributed by atoms with van der Waals surface area (Å²) < 4.78 is 13.4. The topological polar surface area (TPSA) is 36.4 Å². The first-order valence-corrected chi connectivity index (χ1v) is 9.68. The number of hydrogen-bond acceptors (Lipinski definition) is 3. The molecule has 144 valence electrons. The van der Waals surface area contributed by atoms with Gasteiger partial charge in [0, 0.05) is 12.2 Å². The standard InChI is InChI=1S/C22H28FN3O/c1-25(2)21(17-11-13-18(23)14-12-17)22(27)26(20-9-4-3-5-10-20)16-19-8-6-7-15-24-19/h6-8,11-15,20-21H,3-5,9-10,16H2,1-2H3. The SMILES string of the molecule is CN(C)C(C(=O)N(Cc1ccccn1)C1CCCCC1)c1ccc(F)cc1. The van der Waals surface area contributed by atoms with Crippen molar-refractivity contribution in [3.63, 3.8) is 0 Å². The summed E-state index contributed by atoms with van der Waals surface area (Å²) in [6.45, 7) is 0.510. The van der Waals surface area contributed by atoms with Gasteiger partial charge in [-0.1, -0.05) is 37.5 Å². The molecular formula is C22H28FN3O. The van der Waals surface area contributed by atoms with Crippen molar-refractivity contribution in [3.8, 4) is 0 Å². The number of carbonyl (C=O) groups is 1. The lowest BCUT2D eigenvalue weighted by Gasteiger charge is -2.38. The van der Waals surface area contributed by atoms with Gasteiger partial charge < -0.3 is 4.90 Å². The lowest BCUT2D eigenvalue weighted by Crippen LogP contribution is -2.46. The summed E-state index contributed by atoms with van der Waals surface area (Å²) in [5, 5.41) is 0. The second-order valence-corrected chi connectivity index (χ2v) is 7.50. The zero-order chi connectivity index (χ0) is 19.2. The highest BCUT2D eigenvalue weighted by molar-refractivity contribution is 5.83. The van der Waals surface area contributed by atoms with Crippen LogP contribution in [0.4, 0.5) is 4.39 Å². The van der Waals surface area contributed by atoms with Crippen molar-refractivity contribution in [2.45, 2.75) is 50.7 Å². The number of benzene rings is 1. The van der Waals surface area contributed by atoms with Crippen LogP contribution in [0.5, 0.6) is 0 Å². The van der Waals surface area contributed by atoms with Gasteiger partial charge in [0.2, 0.25) is 5.91 Å². The maximum absolute atomic E-state index is 13.6. The summed E-state index contributed by atoms with van der Waals surface area (Å²) in [5.41, 5.74) is 1.71. The molecule has 5 heteroatoms. The fraction of sp³-hybridized carbons (Fsp3) is 0.455. The maximum Gasteiger partial charge on any atom is 0.245 e. The third kappa shape index (κ3) is 4.92. The molecule has 1 atom stereocenters. The van der Waals surface area contributed by atoms with Crippen LogP contribution in [0.25, 0.3) is 0 Å². The average molecular weight is 369 g/mol. The Morgan fingerprint density at radius 2 is 1.81 bits per heavy atom. The van der Waals surface area contributed by atoms with E-state index >= 15 is 0 Å². The number of halogens is 1. The van der Waals surface area contributed by atoms with E-state index in [9.17, 15) is 9.18 Å². The van der Waals surface area contributed by atoms with Crippen LogP contribution >= 0.6 is 0 Å². The van der Waals surface area contributed by atoms with Gasteiger partial charge in [0.1, 0.15) is 11.9 Å². The molecule has 1 aliphatic carbocycles. The van der Waals surface area contributed by atoms with Crippen LogP contribution in [0, 0.1) is 5.82 Å². The van der Waals surface area contributed by atoms with E-state index in [4.69, 9.17) is 0 Å². The average Bonchev–Trinajstić information content (AvgIpc) is 2.69. The zero-order valence-corrected chi connectivity index (χ0v) is 16.1. The van der Waals surface area contributed by atoms with Gasteiger partial charge >= 0.3 is 0 Å². The van der Waals surface area contributed by atoms with Crippen molar-refractivity contribution in [2.24, 2.45) is 0 Å². The number of rotatable bonds is 6. The number of pyridine rings is 1. The molecule has 0 aliphatic heterocycles. The van der Waals surface area contributed by atoms with Crippen molar-refractivity contribution in [1.29, 1.82) is 0 Å². The molecule has 1 fully saturated rings. The Hall–Kier alpha value is -2.27. The molecule has 1 amide bonds. The molecule has 0 saturated heterocycles. The van der Waals surface area contributed by atoms with E-state index < -0.39 is 6.04 Å². The fourth-order valence-corrected chi connectivity index (χ4v) is 3.91. The van der Waals surface area contributed by atoms with E-state index in [1.165, 1.54) is 18.6 Å². The van der Waals surface area contributed by atoms with Crippen molar-refractivity contribution in [3.05, 3.63) is 65.7 Å². The normalized spacial score (nSPS) is 16.3. The number of amides is 1. The number of nitrogens with zero attached hydrogens (tertiary/aromatic N) is 3. The second kappa shape index (κ2) is 9.09. The third-order valence-corrected chi connectivity index (χ3v) is 5.29. The summed E-state index contributed by atoms with van der Waals surface area (Å²) in [4.78, 5) is 22.0. The van der Waals surface area contributed by atoms with E-state index in [2.05, 4.69) is 4.98 Å². The molecule has 4 nitrogen and oxygen atoms in total. The molecule has 0 bridgehead atoms. The van der Waals surface area contributed by atoms with Crippen LogP contribution in [0.2, 0.25) is 0 Å². The Morgan fingerprint density at radius 1 is 1.11 bits per heavy atom. The van der Waals surface area contributed by atoms with Crippen LogP contribution in [0.3, 0.4) is 0 Å². The zero-order valence-electron chi connectivity index (χ0n) is 16.1. The summed E-state index contributed by atoms with van der Waals surface area (Å²) >= 11 is 0. The lowest BCUT2D eigenvalue weighted by atomic mass is 9.92. The van der Waals surface area contributed by atoms with Crippen LogP contribution in [0.1, 0.15) is 49.4 Å². The van der Waals surface area contributed by atoms with Gasteiger partial charge in [-0.2, -0.15) is 0 Å². The highest BCUT2D eigenvalue weighted by Crippen LogP contribution is 2.29. The van der Waals surface area contributed by atoms with Gasteiger partial charge in [0.05, 0.1) is 12.2 Å². The molecule has 0 N–H and O–H groups in total. The van der Waals surface area contributed by atoms with Gasteiger partial charge in [-0.05, 0) is 56.8 Å². The van der Waals surface area contributed by atoms with Gasteiger partial charge in [0.15, 0.2) is 0 Å². The van der Waals surface area contributed by atoms with Crippen molar-refractivity contribution in [1.82, 2.24) is 14.8 Å². The Morgan fingerprint density at radius 3 is 2.41 bits per heavy atom. The van der Waals surface area contributed by atoms with E-state index in [1.807, 2.05) is 42.1 Å². The molecule has 1 heterocycles. The van der Waals surface area contributed by atoms with Crippen molar-refractivity contribution < 1.29 is 9.18 Å². The molecule has 3 rings (SSSR count). The summed E-state index contributed by atoms with van der Waals surface area (Å²) in [7, 11) is 3.79. The molecule has 1 aromatic heterocycles. The summed E-state index contributed by atoms with van der Waals surface area (Å²) in [5.74, 6) is -0.231. The molecule has 1 saturated carbocycles. The maximum atomic E-state index is 13.6. The quantitative estimate of drug-likeness (QED) is 0.766. The minimum Gasteiger partial charge on any atom is -0.332 e. The van der Waals surface area contributed by atoms with E-state index in [0.717, 1.165) is 36.9 Å². The number of likely N-dealkylation sites (N-methyl/N-ethyl adjacent to an activating group) is 1. The van der Waals surface area contributed by atoms with Gasteiger partial charge in [-0.15, -0.1) is 0 Å². The lowest BCUT2D eigenvalue weighted by molar-refractivity contribution is -0.140. The smallest absolute Gasteiger partial charge is 0.245 e. The highest BCUT2D eigenvalue weighted by Gasteiger charge is 2.33. The third-order valence-electron chi connectivity index (χ3n) is 5.29. The highest BCUT2D eigenvalue weighted by atomic mass is 19.1. The predicted octanol–water partition coefficient (Wildman–Crippen LogP) is 4.18. The first-order chi connectivity index (χ1) is 13.1. The molecule has 2 aromatic rings. The van der Waals surface area contributed by atoms with Gasteiger partial charge in [-0.3, -0.25) is 14.7 Å². The van der Waals surface area contributed by atoms with E-state index in [1.54, 1.807) is 18.3 Å².